The van der Waals surface area contributed by atoms with Crippen LogP contribution in [0.25, 0.3) is 5.82 Å². The van der Waals surface area contributed by atoms with Crippen molar-refractivity contribution in [1.29, 1.82) is 0 Å². The van der Waals surface area contributed by atoms with Crippen LogP contribution in [0.5, 0.6) is 0 Å². The van der Waals surface area contributed by atoms with Gasteiger partial charge in [0.25, 0.3) is 5.91 Å². The average Bonchev–Trinajstić information content (AvgIpc) is 3.16. The standard InChI is InChI=1S/C19H20N4O/c1-15(7-8-16-5-3-2-4-6-16)22-19(24)17-9-10-18(21-13-17)23-12-11-20-14-23/h2-6,9-15H,7-8H2,1H3,(H,22,24). The lowest BCUT2D eigenvalue weighted by molar-refractivity contribution is 0.0938. The molecule has 5 nitrogen and oxygen atoms in total. The number of benzene rings is 1. The Hall–Kier alpha value is -2.95. The maximum atomic E-state index is 12.3. The van der Waals surface area contributed by atoms with Crippen molar-refractivity contribution in [2.45, 2.75) is 25.8 Å². The van der Waals surface area contributed by atoms with E-state index in [4.69, 9.17) is 0 Å². The van der Waals surface area contributed by atoms with E-state index in [1.165, 1.54) is 5.56 Å². The Balaban J connectivity index is 1.54. The second-order valence-electron chi connectivity index (χ2n) is 5.77. The van der Waals surface area contributed by atoms with Crippen molar-refractivity contribution >= 4 is 5.91 Å². The highest BCUT2D eigenvalue weighted by molar-refractivity contribution is 5.94. The number of aryl methyl sites for hydroxylation is 1. The summed E-state index contributed by atoms with van der Waals surface area (Å²) in [5.41, 5.74) is 1.84. The molecule has 1 aromatic carbocycles. The first-order chi connectivity index (χ1) is 11.7. The van der Waals surface area contributed by atoms with Crippen LogP contribution in [-0.4, -0.2) is 26.5 Å². The van der Waals surface area contributed by atoms with Gasteiger partial charge < -0.3 is 5.32 Å². The number of nitrogens with zero attached hydrogens (tertiary/aromatic N) is 3. The topological polar surface area (TPSA) is 59.8 Å². The number of nitrogens with one attached hydrogen (secondary N) is 1. The summed E-state index contributed by atoms with van der Waals surface area (Å²) < 4.78 is 1.80. The Labute approximate surface area is 141 Å². The maximum absolute atomic E-state index is 12.3. The Morgan fingerprint density at radius 2 is 2.04 bits per heavy atom. The van der Waals surface area contributed by atoms with Gasteiger partial charge in [-0.2, -0.15) is 0 Å². The molecule has 0 bridgehead atoms. The molecule has 0 spiro atoms. The number of carbonyl (C=O) groups excluding carboxylic acids is 1. The van der Waals surface area contributed by atoms with Gasteiger partial charge in [0.15, 0.2) is 0 Å². The lowest BCUT2D eigenvalue weighted by Gasteiger charge is -2.14. The van der Waals surface area contributed by atoms with E-state index in [2.05, 4.69) is 27.4 Å². The van der Waals surface area contributed by atoms with Crippen LogP contribution in [0, 0.1) is 0 Å². The third kappa shape index (κ3) is 4.07. The van der Waals surface area contributed by atoms with E-state index in [1.54, 1.807) is 29.4 Å². The number of amides is 1. The highest BCUT2D eigenvalue weighted by Crippen LogP contribution is 2.08. The van der Waals surface area contributed by atoms with Gasteiger partial charge in [0.2, 0.25) is 0 Å². The lowest BCUT2D eigenvalue weighted by Crippen LogP contribution is -2.33. The number of aromatic nitrogens is 3. The first kappa shape index (κ1) is 15.9. The first-order valence-electron chi connectivity index (χ1n) is 8.01. The first-order valence-corrected chi connectivity index (χ1v) is 8.01. The molecule has 1 amide bonds. The van der Waals surface area contributed by atoms with Crippen molar-refractivity contribution in [2.75, 3.05) is 0 Å². The molecular formula is C19H20N4O. The number of hydrogen-bond donors (Lipinski definition) is 1. The van der Waals surface area contributed by atoms with Crippen LogP contribution >= 0.6 is 0 Å². The van der Waals surface area contributed by atoms with Crippen molar-refractivity contribution < 1.29 is 4.79 Å². The molecule has 0 aliphatic carbocycles. The van der Waals surface area contributed by atoms with Crippen molar-refractivity contribution in [3.8, 4) is 5.82 Å². The summed E-state index contributed by atoms with van der Waals surface area (Å²) in [5.74, 6) is 0.640. The van der Waals surface area contributed by atoms with E-state index in [9.17, 15) is 4.79 Å². The number of rotatable bonds is 6. The zero-order valence-corrected chi connectivity index (χ0v) is 13.6. The molecule has 0 aliphatic rings. The van der Waals surface area contributed by atoms with Gasteiger partial charge >= 0.3 is 0 Å². The van der Waals surface area contributed by atoms with Gasteiger partial charge in [-0.05, 0) is 37.5 Å². The van der Waals surface area contributed by atoms with Crippen LogP contribution in [0.3, 0.4) is 0 Å². The largest absolute Gasteiger partial charge is 0.350 e. The number of carbonyl (C=O) groups is 1. The predicted octanol–water partition coefficient (Wildman–Crippen LogP) is 3.02. The Bertz CT molecular complexity index is 767. The molecule has 1 N–H and O–H groups in total. The van der Waals surface area contributed by atoms with Crippen LogP contribution in [0.15, 0.2) is 67.4 Å². The summed E-state index contributed by atoms with van der Waals surface area (Å²) in [6, 6.07) is 14.0. The van der Waals surface area contributed by atoms with E-state index < -0.39 is 0 Å². The molecule has 5 heteroatoms. The molecule has 3 rings (SSSR count). The Morgan fingerprint density at radius 1 is 1.21 bits per heavy atom. The normalized spacial score (nSPS) is 11.9. The van der Waals surface area contributed by atoms with Crippen molar-refractivity contribution in [2.24, 2.45) is 0 Å². The minimum atomic E-state index is -0.0970. The smallest absolute Gasteiger partial charge is 0.253 e. The predicted molar refractivity (Wildman–Crippen MR) is 93.1 cm³/mol. The molecule has 3 aromatic rings. The second-order valence-corrected chi connectivity index (χ2v) is 5.77. The molecule has 2 aromatic heterocycles. The van der Waals surface area contributed by atoms with E-state index >= 15 is 0 Å². The maximum Gasteiger partial charge on any atom is 0.253 e. The van der Waals surface area contributed by atoms with Gasteiger partial charge in [0.05, 0.1) is 5.56 Å². The van der Waals surface area contributed by atoms with E-state index in [1.807, 2.05) is 37.4 Å². The van der Waals surface area contributed by atoms with Crippen LogP contribution in [0.2, 0.25) is 0 Å². The van der Waals surface area contributed by atoms with Crippen LogP contribution < -0.4 is 5.32 Å². The van der Waals surface area contributed by atoms with Crippen molar-refractivity contribution in [1.82, 2.24) is 19.9 Å². The van der Waals surface area contributed by atoms with Gasteiger partial charge in [-0.15, -0.1) is 0 Å². The number of imidazole rings is 1. The minimum Gasteiger partial charge on any atom is -0.350 e. The van der Waals surface area contributed by atoms with E-state index in [-0.39, 0.29) is 11.9 Å². The fraction of sp³-hybridized carbons (Fsp3) is 0.211. The van der Waals surface area contributed by atoms with Crippen LogP contribution in [0.1, 0.15) is 29.3 Å². The molecule has 0 fully saturated rings. The van der Waals surface area contributed by atoms with Gasteiger partial charge in [0, 0.05) is 24.6 Å². The van der Waals surface area contributed by atoms with Crippen LogP contribution in [0.4, 0.5) is 0 Å². The summed E-state index contributed by atoms with van der Waals surface area (Å²) in [4.78, 5) is 20.6. The Morgan fingerprint density at radius 3 is 2.71 bits per heavy atom. The molecule has 122 valence electrons. The highest BCUT2D eigenvalue weighted by atomic mass is 16.1. The minimum absolute atomic E-state index is 0.0970. The van der Waals surface area contributed by atoms with Gasteiger partial charge in [-0.1, -0.05) is 30.3 Å². The zero-order valence-electron chi connectivity index (χ0n) is 13.6. The summed E-state index contributed by atoms with van der Waals surface area (Å²) in [7, 11) is 0. The summed E-state index contributed by atoms with van der Waals surface area (Å²) in [6.45, 7) is 2.02. The van der Waals surface area contributed by atoms with Gasteiger partial charge in [-0.3, -0.25) is 9.36 Å². The van der Waals surface area contributed by atoms with E-state index in [0.717, 1.165) is 18.7 Å². The molecule has 0 saturated carbocycles. The zero-order chi connectivity index (χ0) is 16.8. The second kappa shape index (κ2) is 7.55. The molecule has 24 heavy (non-hydrogen) atoms. The molecule has 2 heterocycles. The lowest BCUT2D eigenvalue weighted by atomic mass is 10.1. The van der Waals surface area contributed by atoms with Crippen molar-refractivity contribution in [3.05, 3.63) is 78.5 Å². The molecule has 0 saturated heterocycles. The quantitative estimate of drug-likeness (QED) is 0.759. The molecule has 0 aliphatic heterocycles. The third-order valence-electron chi connectivity index (χ3n) is 3.87. The fourth-order valence-corrected chi connectivity index (χ4v) is 2.47. The SMILES string of the molecule is CC(CCc1ccccc1)NC(=O)c1ccc(-n2ccnc2)nc1. The van der Waals surface area contributed by atoms with Gasteiger partial charge in [0.1, 0.15) is 12.1 Å². The summed E-state index contributed by atoms with van der Waals surface area (Å²) in [5, 5.41) is 3.02. The Kier molecular flexibility index (Phi) is 5.01. The third-order valence-corrected chi connectivity index (χ3v) is 3.87. The monoisotopic (exact) mass is 320 g/mol. The molecule has 1 atom stereocenters. The van der Waals surface area contributed by atoms with Gasteiger partial charge in [-0.25, -0.2) is 9.97 Å². The summed E-state index contributed by atoms with van der Waals surface area (Å²) >= 11 is 0. The molecular weight excluding hydrogens is 300 g/mol. The average molecular weight is 320 g/mol. The van der Waals surface area contributed by atoms with E-state index in [0.29, 0.717) is 5.56 Å². The molecule has 0 radical (unpaired) electrons. The highest BCUT2D eigenvalue weighted by Gasteiger charge is 2.10. The fourth-order valence-electron chi connectivity index (χ4n) is 2.47. The van der Waals surface area contributed by atoms with Crippen molar-refractivity contribution in [3.63, 3.8) is 0 Å². The summed E-state index contributed by atoms with van der Waals surface area (Å²) in [6.07, 6.45) is 8.61. The molecule has 1 unspecified atom stereocenters. The number of pyridine rings is 1. The van der Waals surface area contributed by atoms with Crippen LogP contribution in [-0.2, 0) is 6.42 Å². The number of hydrogen-bond acceptors (Lipinski definition) is 3.